The molecule has 0 radical (unpaired) electrons. The standard InChI is InChI=1S/C11H19NOS/c1-7(14-2)6-12-11(13)10-4-8-3-9(8)5-10/h7-10H,3-6H2,1-2H3,(H,12,13). The Hall–Kier alpha value is -0.180. The lowest BCUT2D eigenvalue weighted by atomic mass is 10.0. The highest BCUT2D eigenvalue weighted by molar-refractivity contribution is 7.99. The zero-order chi connectivity index (χ0) is 10.1. The van der Waals surface area contributed by atoms with Crippen LogP contribution in [0.5, 0.6) is 0 Å². The molecule has 2 aliphatic carbocycles. The van der Waals surface area contributed by atoms with Crippen molar-refractivity contribution < 1.29 is 4.79 Å². The fraction of sp³-hybridized carbons (Fsp3) is 0.909. The lowest BCUT2D eigenvalue weighted by Crippen LogP contribution is -2.34. The van der Waals surface area contributed by atoms with Crippen LogP contribution in [0, 0.1) is 17.8 Å². The summed E-state index contributed by atoms with van der Waals surface area (Å²) in [6.45, 7) is 2.98. The summed E-state index contributed by atoms with van der Waals surface area (Å²) in [6, 6.07) is 0. The SMILES string of the molecule is CSC(C)CNC(=O)C1CC2CC2C1. The molecule has 1 N–H and O–H groups in total. The van der Waals surface area contributed by atoms with E-state index in [-0.39, 0.29) is 0 Å². The molecule has 3 atom stereocenters. The number of amides is 1. The second-order valence-electron chi connectivity index (χ2n) is 4.72. The zero-order valence-corrected chi connectivity index (χ0v) is 9.77. The first-order valence-corrected chi connectivity index (χ1v) is 6.80. The highest BCUT2D eigenvalue weighted by atomic mass is 32.2. The van der Waals surface area contributed by atoms with Crippen LogP contribution in [-0.2, 0) is 4.79 Å². The summed E-state index contributed by atoms with van der Waals surface area (Å²) in [6.07, 6.45) is 5.79. The maximum absolute atomic E-state index is 11.7. The van der Waals surface area contributed by atoms with E-state index >= 15 is 0 Å². The molecule has 14 heavy (non-hydrogen) atoms. The first-order chi connectivity index (χ1) is 6.70. The van der Waals surface area contributed by atoms with Crippen molar-refractivity contribution in [1.29, 1.82) is 0 Å². The number of fused-ring (bicyclic) bond motifs is 1. The fourth-order valence-corrected chi connectivity index (χ4v) is 2.65. The van der Waals surface area contributed by atoms with Crippen molar-refractivity contribution in [1.82, 2.24) is 5.32 Å². The van der Waals surface area contributed by atoms with Gasteiger partial charge < -0.3 is 5.32 Å². The number of thioether (sulfide) groups is 1. The molecule has 0 heterocycles. The van der Waals surface area contributed by atoms with Crippen LogP contribution in [0.25, 0.3) is 0 Å². The summed E-state index contributed by atoms with van der Waals surface area (Å²) in [5.41, 5.74) is 0. The summed E-state index contributed by atoms with van der Waals surface area (Å²) in [4.78, 5) is 11.7. The molecule has 2 rings (SSSR count). The van der Waals surface area contributed by atoms with Gasteiger partial charge in [0, 0.05) is 17.7 Å². The van der Waals surface area contributed by atoms with Gasteiger partial charge in [0.05, 0.1) is 0 Å². The molecule has 0 spiro atoms. The van der Waals surface area contributed by atoms with Gasteiger partial charge in [-0.15, -0.1) is 0 Å². The molecule has 1 amide bonds. The average Bonchev–Trinajstić information content (AvgIpc) is 2.81. The van der Waals surface area contributed by atoms with Gasteiger partial charge in [0.2, 0.25) is 5.91 Å². The van der Waals surface area contributed by atoms with Crippen LogP contribution in [0.3, 0.4) is 0 Å². The Kier molecular flexibility index (Phi) is 3.05. The molecule has 0 bridgehead atoms. The number of hydrogen-bond acceptors (Lipinski definition) is 2. The van der Waals surface area contributed by atoms with Crippen LogP contribution in [0.1, 0.15) is 26.2 Å². The molecule has 2 aliphatic rings. The zero-order valence-electron chi connectivity index (χ0n) is 8.95. The Morgan fingerprint density at radius 2 is 2.07 bits per heavy atom. The minimum atomic E-state index is 0.304. The fourth-order valence-electron chi connectivity index (χ4n) is 2.40. The molecule has 3 unspecified atom stereocenters. The van der Waals surface area contributed by atoms with E-state index in [4.69, 9.17) is 0 Å². The minimum Gasteiger partial charge on any atom is -0.355 e. The van der Waals surface area contributed by atoms with Gasteiger partial charge in [-0.1, -0.05) is 6.92 Å². The third-order valence-corrected chi connectivity index (χ3v) is 4.55. The predicted molar refractivity (Wildman–Crippen MR) is 60.3 cm³/mol. The average molecular weight is 213 g/mol. The van der Waals surface area contributed by atoms with Gasteiger partial charge in [-0.3, -0.25) is 4.79 Å². The van der Waals surface area contributed by atoms with Crippen molar-refractivity contribution in [3.8, 4) is 0 Å². The number of hydrogen-bond donors (Lipinski definition) is 1. The molecule has 0 aromatic rings. The van der Waals surface area contributed by atoms with E-state index in [1.807, 2.05) is 0 Å². The quantitative estimate of drug-likeness (QED) is 0.773. The number of nitrogens with one attached hydrogen (secondary N) is 1. The molecule has 80 valence electrons. The lowest BCUT2D eigenvalue weighted by Gasteiger charge is -2.14. The topological polar surface area (TPSA) is 29.1 Å². The van der Waals surface area contributed by atoms with Gasteiger partial charge in [-0.25, -0.2) is 0 Å². The summed E-state index contributed by atoms with van der Waals surface area (Å²) in [5.74, 6) is 2.46. The molecule has 0 saturated heterocycles. The van der Waals surface area contributed by atoms with Crippen molar-refractivity contribution >= 4 is 17.7 Å². The van der Waals surface area contributed by atoms with Gasteiger partial charge >= 0.3 is 0 Å². The van der Waals surface area contributed by atoms with E-state index in [1.165, 1.54) is 6.42 Å². The molecule has 2 nitrogen and oxygen atoms in total. The normalized spacial score (nSPS) is 36.3. The highest BCUT2D eigenvalue weighted by Crippen LogP contribution is 2.54. The maximum atomic E-state index is 11.7. The van der Waals surface area contributed by atoms with Gasteiger partial charge in [0.15, 0.2) is 0 Å². The largest absolute Gasteiger partial charge is 0.355 e. The van der Waals surface area contributed by atoms with E-state index in [1.54, 1.807) is 11.8 Å². The van der Waals surface area contributed by atoms with E-state index < -0.39 is 0 Å². The number of rotatable bonds is 4. The summed E-state index contributed by atoms with van der Waals surface area (Å²) < 4.78 is 0. The van der Waals surface area contributed by atoms with Crippen LogP contribution in [0.4, 0.5) is 0 Å². The molecule has 2 saturated carbocycles. The molecular formula is C11H19NOS. The van der Waals surface area contributed by atoms with Crippen molar-refractivity contribution in [2.24, 2.45) is 17.8 Å². The van der Waals surface area contributed by atoms with Gasteiger partial charge in [0.1, 0.15) is 0 Å². The monoisotopic (exact) mass is 213 g/mol. The second kappa shape index (κ2) is 4.13. The smallest absolute Gasteiger partial charge is 0.223 e. The first kappa shape index (κ1) is 10.3. The third-order valence-electron chi connectivity index (χ3n) is 3.58. The van der Waals surface area contributed by atoms with Crippen molar-refractivity contribution in [3.63, 3.8) is 0 Å². The van der Waals surface area contributed by atoms with Crippen LogP contribution in [-0.4, -0.2) is 24.0 Å². The lowest BCUT2D eigenvalue weighted by molar-refractivity contribution is -0.125. The molecule has 0 aliphatic heterocycles. The Balaban J connectivity index is 1.68. The maximum Gasteiger partial charge on any atom is 0.223 e. The summed E-state index contributed by atoms with van der Waals surface area (Å²) in [5, 5.41) is 3.59. The molecule has 0 aromatic carbocycles. The van der Waals surface area contributed by atoms with Crippen molar-refractivity contribution in [2.75, 3.05) is 12.8 Å². The highest BCUT2D eigenvalue weighted by Gasteiger charge is 2.47. The molecule has 3 heteroatoms. The Morgan fingerprint density at radius 3 is 2.64 bits per heavy atom. The van der Waals surface area contributed by atoms with Crippen LogP contribution in [0.15, 0.2) is 0 Å². The minimum absolute atomic E-state index is 0.304. The van der Waals surface area contributed by atoms with E-state index in [0.717, 1.165) is 31.2 Å². The Morgan fingerprint density at radius 1 is 1.43 bits per heavy atom. The Bertz CT molecular complexity index is 221. The first-order valence-electron chi connectivity index (χ1n) is 5.51. The van der Waals surface area contributed by atoms with Gasteiger partial charge in [0.25, 0.3) is 0 Å². The number of carbonyl (C=O) groups is 1. The second-order valence-corrected chi connectivity index (χ2v) is 5.99. The van der Waals surface area contributed by atoms with Gasteiger partial charge in [-0.2, -0.15) is 11.8 Å². The summed E-state index contributed by atoms with van der Waals surface area (Å²) >= 11 is 1.80. The van der Waals surface area contributed by atoms with Crippen molar-refractivity contribution in [3.05, 3.63) is 0 Å². The number of carbonyl (C=O) groups excluding carboxylic acids is 1. The summed E-state index contributed by atoms with van der Waals surface area (Å²) in [7, 11) is 0. The Labute approximate surface area is 90.2 Å². The molecule has 2 fully saturated rings. The van der Waals surface area contributed by atoms with Crippen LogP contribution < -0.4 is 5.32 Å². The third kappa shape index (κ3) is 2.25. The van der Waals surface area contributed by atoms with E-state index in [0.29, 0.717) is 17.1 Å². The van der Waals surface area contributed by atoms with Gasteiger partial charge in [-0.05, 0) is 37.4 Å². The molecular weight excluding hydrogens is 194 g/mol. The van der Waals surface area contributed by atoms with Crippen LogP contribution >= 0.6 is 11.8 Å². The van der Waals surface area contributed by atoms with Crippen molar-refractivity contribution in [2.45, 2.75) is 31.4 Å². The van der Waals surface area contributed by atoms with E-state index in [2.05, 4.69) is 18.5 Å². The predicted octanol–water partition coefficient (Wildman–Crippen LogP) is 1.90. The van der Waals surface area contributed by atoms with E-state index in [9.17, 15) is 4.79 Å². The molecule has 0 aromatic heterocycles. The van der Waals surface area contributed by atoms with Crippen LogP contribution in [0.2, 0.25) is 0 Å².